The minimum atomic E-state index is -0.0783. The number of nitrogens with one attached hydrogen (secondary N) is 1. The number of halogens is 1. The van der Waals surface area contributed by atoms with Crippen LogP contribution in [0.4, 0.5) is 0 Å². The molecule has 0 unspecified atom stereocenters. The molecule has 0 saturated carbocycles. The molecular formula is C19H28ClN3O3. The first kappa shape index (κ1) is 20.4. The molecule has 1 aromatic rings. The normalized spacial score (nSPS) is 15.7. The van der Waals surface area contributed by atoms with E-state index in [1.165, 1.54) is 0 Å². The quantitative estimate of drug-likeness (QED) is 0.340. The number of hydrogen-bond acceptors (Lipinski definition) is 4. The molecule has 0 aliphatic carbocycles. The van der Waals surface area contributed by atoms with Gasteiger partial charge in [-0.2, -0.15) is 0 Å². The number of carbonyl (C=O) groups is 1. The first-order valence-electron chi connectivity index (χ1n) is 9.22. The molecule has 1 aliphatic heterocycles. The Morgan fingerprint density at radius 2 is 1.96 bits per heavy atom. The van der Waals surface area contributed by atoms with Gasteiger partial charge in [0.1, 0.15) is 12.4 Å². The van der Waals surface area contributed by atoms with Crippen molar-refractivity contribution < 1.29 is 14.3 Å². The largest absolute Gasteiger partial charge is 0.492 e. The van der Waals surface area contributed by atoms with Gasteiger partial charge in [0.15, 0.2) is 5.96 Å². The van der Waals surface area contributed by atoms with Crippen LogP contribution in [-0.4, -0.2) is 56.2 Å². The maximum absolute atomic E-state index is 11.9. The van der Waals surface area contributed by atoms with Gasteiger partial charge in [-0.15, -0.1) is 0 Å². The van der Waals surface area contributed by atoms with Gasteiger partial charge in [0, 0.05) is 24.7 Å². The maximum atomic E-state index is 11.9. The van der Waals surface area contributed by atoms with Crippen LogP contribution in [0, 0.1) is 5.92 Å². The number of hydrogen-bond donors (Lipinski definition) is 1. The number of likely N-dealkylation sites (tertiary alicyclic amines) is 1. The Morgan fingerprint density at radius 3 is 2.58 bits per heavy atom. The van der Waals surface area contributed by atoms with E-state index >= 15 is 0 Å². The van der Waals surface area contributed by atoms with Gasteiger partial charge in [0.25, 0.3) is 0 Å². The van der Waals surface area contributed by atoms with Gasteiger partial charge < -0.3 is 19.7 Å². The number of piperidine rings is 1. The van der Waals surface area contributed by atoms with Crippen LogP contribution in [0.5, 0.6) is 5.75 Å². The Kier molecular flexibility index (Phi) is 8.54. The highest BCUT2D eigenvalue weighted by atomic mass is 35.5. The summed E-state index contributed by atoms with van der Waals surface area (Å²) in [5.41, 5.74) is 0. The molecule has 1 aromatic carbocycles. The number of carbonyl (C=O) groups excluding carboxylic acids is 1. The first-order chi connectivity index (χ1) is 12.6. The van der Waals surface area contributed by atoms with Gasteiger partial charge in [-0.1, -0.05) is 11.6 Å². The minimum Gasteiger partial charge on any atom is -0.492 e. The molecule has 26 heavy (non-hydrogen) atoms. The number of nitrogens with zero attached hydrogens (tertiary/aromatic N) is 2. The van der Waals surface area contributed by atoms with Crippen molar-refractivity contribution in [1.29, 1.82) is 0 Å². The van der Waals surface area contributed by atoms with Crippen molar-refractivity contribution in [1.82, 2.24) is 10.2 Å². The highest BCUT2D eigenvalue weighted by molar-refractivity contribution is 6.30. The van der Waals surface area contributed by atoms with E-state index in [1.54, 1.807) is 12.1 Å². The Balaban J connectivity index is 1.81. The fraction of sp³-hybridized carbons (Fsp3) is 0.579. The van der Waals surface area contributed by atoms with Crippen LogP contribution >= 0.6 is 11.6 Å². The molecule has 0 radical (unpaired) electrons. The molecule has 1 fully saturated rings. The lowest BCUT2D eigenvalue weighted by atomic mass is 9.97. The van der Waals surface area contributed by atoms with E-state index in [-0.39, 0.29) is 11.9 Å². The highest BCUT2D eigenvalue weighted by Gasteiger charge is 2.27. The van der Waals surface area contributed by atoms with Crippen LogP contribution in [0.15, 0.2) is 29.3 Å². The van der Waals surface area contributed by atoms with E-state index in [2.05, 4.69) is 15.2 Å². The van der Waals surface area contributed by atoms with Gasteiger partial charge in [0.2, 0.25) is 0 Å². The molecule has 1 heterocycles. The molecule has 0 spiro atoms. The summed E-state index contributed by atoms with van der Waals surface area (Å²) in [7, 11) is 0. The second-order valence-corrected chi connectivity index (χ2v) is 6.49. The molecule has 6 nitrogen and oxygen atoms in total. The van der Waals surface area contributed by atoms with E-state index in [0.29, 0.717) is 24.8 Å². The Labute approximate surface area is 160 Å². The van der Waals surface area contributed by atoms with E-state index in [4.69, 9.17) is 21.1 Å². The average molecular weight is 382 g/mol. The number of esters is 1. The molecule has 0 amide bonds. The topological polar surface area (TPSA) is 63.2 Å². The summed E-state index contributed by atoms with van der Waals surface area (Å²) in [5.74, 6) is 1.58. The summed E-state index contributed by atoms with van der Waals surface area (Å²) in [6.45, 7) is 7.78. The van der Waals surface area contributed by atoms with E-state index < -0.39 is 0 Å². The van der Waals surface area contributed by atoms with E-state index in [0.717, 1.165) is 44.2 Å². The zero-order chi connectivity index (χ0) is 18.8. The van der Waals surface area contributed by atoms with E-state index in [1.807, 2.05) is 26.0 Å². The molecule has 0 bridgehead atoms. The van der Waals surface area contributed by atoms with Crippen LogP contribution in [0.1, 0.15) is 26.7 Å². The van der Waals surface area contributed by atoms with Gasteiger partial charge in [-0.3, -0.25) is 4.79 Å². The standard InChI is InChI=1S/C19H28ClN3O3/c1-3-21-19(22-11-14-26-17-7-5-16(20)6-8-17)23-12-9-15(10-13-23)18(24)25-4-2/h5-8,15H,3-4,9-14H2,1-2H3,(H,21,22). The molecule has 0 aromatic heterocycles. The van der Waals surface area contributed by atoms with Crippen LogP contribution < -0.4 is 10.1 Å². The monoisotopic (exact) mass is 381 g/mol. The predicted molar refractivity (Wildman–Crippen MR) is 104 cm³/mol. The summed E-state index contributed by atoms with van der Waals surface area (Å²) in [6.07, 6.45) is 1.59. The lowest BCUT2D eigenvalue weighted by molar-refractivity contribution is -0.149. The van der Waals surface area contributed by atoms with Gasteiger partial charge in [0.05, 0.1) is 19.1 Å². The van der Waals surface area contributed by atoms with Crippen LogP contribution in [0.2, 0.25) is 5.02 Å². The second-order valence-electron chi connectivity index (χ2n) is 6.05. The van der Waals surface area contributed by atoms with Crippen LogP contribution in [-0.2, 0) is 9.53 Å². The summed E-state index contributed by atoms with van der Waals surface area (Å²) in [4.78, 5) is 18.7. The Bertz CT molecular complexity index is 584. The molecule has 1 saturated heterocycles. The predicted octanol–water partition coefficient (Wildman–Crippen LogP) is 2.96. The summed E-state index contributed by atoms with van der Waals surface area (Å²) >= 11 is 5.86. The van der Waals surface area contributed by atoms with Gasteiger partial charge in [-0.25, -0.2) is 4.99 Å². The fourth-order valence-corrected chi connectivity index (χ4v) is 2.98. The lowest BCUT2D eigenvalue weighted by Crippen LogP contribution is -2.46. The lowest BCUT2D eigenvalue weighted by Gasteiger charge is -2.33. The van der Waals surface area contributed by atoms with Gasteiger partial charge >= 0.3 is 5.97 Å². The van der Waals surface area contributed by atoms with Crippen molar-refractivity contribution in [3.05, 3.63) is 29.3 Å². The molecule has 0 atom stereocenters. The molecule has 2 rings (SSSR count). The summed E-state index contributed by atoms with van der Waals surface area (Å²) in [6, 6.07) is 7.30. The third-order valence-electron chi connectivity index (χ3n) is 4.18. The third-order valence-corrected chi connectivity index (χ3v) is 4.44. The molecule has 1 aliphatic rings. The van der Waals surface area contributed by atoms with Crippen molar-refractivity contribution in [2.45, 2.75) is 26.7 Å². The van der Waals surface area contributed by atoms with Crippen molar-refractivity contribution in [3.8, 4) is 5.75 Å². The van der Waals surface area contributed by atoms with Crippen molar-refractivity contribution in [3.63, 3.8) is 0 Å². The fourth-order valence-electron chi connectivity index (χ4n) is 2.86. The Hall–Kier alpha value is -1.95. The van der Waals surface area contributed by atoms with Crippen molar-refractivity contribution >= 4 is 23.5 Å². The Morgan fingerprint density at radius 1 is 1.27 bits per heavy atom. The zero-order valence-corrected chi connectivity index (χ0v) is 16.3. The first-order valence-corrected chi connectivity index (χ1v) is 9.60. The minimum absolute atomic E-state index is 0.00214. The summed E-state index contributed by atoms with van der Waals surface area (Å²) in [5, 5.41) is 4.01. The maximum Gasteiger partial charge on any atom is 0.309 e. The van der Waals surface area contributed by atoms with Crippen LogP contribution in [0.3, 0.4) is 0 Å². The zero-order valence-electron chi connectivity index (χ0n) is 15.5. The van der Waals surface area contributed by atoms with Gasteiger partial charge in [-0.05, 0) is 51.0 Å². The molecule has 144 valence electrons. The van der Waals surface area contributed by atoms with Crippen molar-refractivity contribution in [2.24, 2.45) is 10.9 Å². The third kappa shape index (κ3) is 6.41. The molecular weight excluding hydrogens is 354 g/mol. The number of rotatable bonds is 7. The number of aliphatic imine (C=N–C) groups is 1. The molecule has 1 N–H and O–H groups in total. The number of benzene rings is 1. The van der Waals surface area contributed by atoms with Crippen LogP contribution in [0.25, 0.3) is 0 Å². The average Bonchev–Trinajstić information content (AvgIpc) is 2.66. The number of ether oxygens (including phenoxy) is 2. The second kappa shape index (κ2) is 10.9. The SMILES string of the molecule is CCNC(=NCCOc1ccc(Cl)cc1)N1CCC(C(=O)OCC)CC1. The van der Waals surface area contributed by atoms with Crippen molar-refractivity contribution in [2.75, 3.05) is 39.4 Å². The van der Waals surface area contributed by atoms with E-state index in [9.17, 15) is 4.79 Å². The smallest absolute Gasteiger partial charge is 0.309 e. The summed E-state index contributed by atoms with van der Waals surface area (Å²) < 4.78 is 10.8. The number of guanidine groups is 1. The highest BCUT2D eigenvalue weighted by Crippen LogP contribution is 2.19. The molecule has 7 heteroatoms.